The quantitative estimate of drug-likeness (QED) is 0.830. The zero-order chi connectivity index (χ0) is 12.6. The monoisotopic (exact) mass is 246 g/mol. The Morgan fingerprint density at radius 1 is 1.17 bits per heavy atom. The average Bonchev–Trinajstić information content (AvgIpc) is 2.45. The Morgan fingerprint density at radius 2 is 1.89 bits per heavy atom. The summed E-state index contributed by atoms with van der Waals surface area (Å²) in [5, 5.41) is 3.23. The number of benzene rings is 1. The zero-order valence-corrected chi connectivity index (χ0v) is 11.6. The van der Waals surface area contributed by atoms with E-state index in [1.807, 2.05) is 7.05 Å². The van der Waals surface area contributed by atoms with E-state index in [-0.39, 0.29) is 0 Å². The predicted molar refractivity (Wildman–Crippen MR) is 77.9 cm³/mol. The number of hydrogen-bond donors (Lipinski definition) is 1. The van der Waals surface area contributed by atoms with Crippen LogP contribution in [0.15, 0.2) is 30.3 Å². The van der Waals surface area contributed by atoms with Gasteiger partial charge in [-0.05, 0) is 57.3 Å². The third kappa shape index (κ3) is 4.43. The van der Waals surface area contributed by atoms with Crippen LogP contribution < -0.4 is 5.32 Å². The molecule has 2 rings (SSSR count). The van der Waals surface area contributed by atoms with Gasteiger partial charge in [-0.15, -0.1) is 0 Å². The number of piperidine rings is 1. The highest BCUT2D eigenvalue weighted by Gasteiger charge is 2.18. The smallest absolute Gasteiger partial charge is 0.0107 e. The van der Waals surface area contributed by atoms with Gasteiger partial charge in [0, 0.05) is 13.1 Å². The first kappa shape index (κ1) is 13.6. The number of likely N-dealkylation sites (N-methyl/N-ethyl adjacent to an activating group) is 1. The van der Waals surface area contributed by atoms with Crippen LogP contribution in [0.25, 0.3) is 0 Å². The molecular weight excluding hydrogens is 220 g/mol. The molecular formula is C16H26N2. The van der Waals surface area contributed by atoms with Gasteiger partial charge in [-0.2, -0.15) is 0 Å². The lowest BCUT2D eigenvalue weighted by Crippen LogP contribution is -2.37. The molecule has 18 heavy (non-hydrogen) atoms. The van der Waals surface area contributed by atoms with Crippen LogP contribution in [-0.2, 0) is 6.42 Å². The molecule has 1 aromatic rings. The first-order chi connectivity index (χ1) is 8.88. The standard InChI is InChI=1S/C16H26N2/c1-17-11-14-18-12-9-16(10-13-18)8-7-15-5-3-2-4-6-15/h2-6,16-17H,7-14H2,1H3. The summed E-state index contributed by atoms with van der Waals surface area (Å²) in [6, 6.07) is 10.9. The summed E-state index contributed by atoms with van der Waals surface area (Å²) < 4.78 is 0. The van der Waals surface area contributed by atoms with Crippen LogP contribution in [0.4, 0.5) is 0 Å². The topological polar surface area (TPSA) is 15.3 Å². The molecule has 1 aromatic carbocycles. The molecule has 0 aromatic heterocycles. The second kappa shape index (κ2) is 7.55. The van der Waals surface area contributed by atoms with Crippen molar-refractivity contribution in [1.82, 2.24) is 10.2 Å². The zero-order valence-electron chi connectivity index (χ0n) is 11.6. The van der Waals surface area contributed by atoms with Gasteiger partial charge in [-0.25, -0.2) is 0 Å². The summed E-state index contributed by atoms with van der Waals surface area (Å²) in [5.41, 5.74) is 1.50. The number of likely N-dealkylation sites (tertiary alicyclic amines) is 1. The summed E-state index contributed by atoms with van der Waals surface area (Å²) in [4.78, 5) is 2.59. The Kier molecular flexibility index (Phi) is 5.69. The van der Waals surface area contributed by atoms with Gasteiger partial charge < -0.3 is 10.2 Å². The molecule has 0 spiro atoms. The highest BCUT2D eigenvalue weighted by molar-refractivity contribution is 5.14. The van der Waals surface area contributed by atoms with E-state index in [0.29, 0.717) is 0 Å². The molecule has 0 atom stereocenters. The average molecular weight is 246 g/mol. The van der Waals surface area contributed by atoms with Gasteiger partial charge in [0.25, 0.3) is 0 Å². The van der Waals surface area contributed by atoms with Crippen LogP contribution >= 0.6 is 0 Å². The molecule has 1 heterocycles. The van der Waals surface area contributed by atoms with Crippen molar-refractivity contribution < 1.29 is 0 Å². The molecule has 0 radical (unpaired) electrons. The van der Waals surface area contributed by atoms with Crippen LogP contribution in [0.2, 0.25) is 0 Å². The third-order valence-corrected chi connectivity index (χ3v) is 4.07. The van der Waals surface area contributed by atoms with E-state index in [4.69, 9.17) is 0 Å². The van der Waals surface area contributed by atoms with Crippen LogP contribution in [0.5, 0.6) is 0 Å². The molecule has 2 nitrogen and oxygen atoms in total. The van der Waals surface area contributed by atoms with Crippen molar-refractivity contribution in [3.8, 4) is 0 Å². The molecule has 1 N–H and O–H groups in total. The lowest BCUT2D eigenvalue weighted by atomic mass is 9.90. The van der Waals surface area contributed by atoms with Crippen LogP contribution in [0.3, 0.4) is 0 Å². The molecule has 0 bridgehead atoms. The molecule has 0 aliphatic carbocycles. The van der Waals surface area contributed by atoms with E-state index in [1.54, 1.807) is 0 Å². The molecule has 0 saturated carbocycles. The van der Waals surface area contributed by atoms with Crippen molar-refractivity contribution in [3.63, 3.8) is 0 Å². The van der Waals surface area contributed by atoms with E-state index >= 15 is 0 Å². The van der Waals surface area contributed by atoms with E-state index in [1.165, 1.54) is 50.9 Å². The van der Waals surface area contributed by atoms with E-state index in [2.05, 4.69) is 40.5 Å². The predicted octanol–water partition coefficient (Wildman–Crippen LogP) is 2.55. The number of rotatable bonds is 6. The first-order valence-electron chi connectivity index (χ1n) is 7.29. The van der Waals surface area contributed by atoms with Crippen LogP contribution in [-0.4, -0.2) is 38.1 Å². The van der Waals surface area contributed by atoms with Gasteiger partial charge in [0.2, 0.25) is 0 Å². The minimum atomic E-state index is 0.941. The van der Waals surface area contributed by atoms with Gasteiger partial charge in [0.05, 0.1) is 0 Å². The molecule has 0 amide bonds. The normalized spacial score (nSPS) is 18.1. The Labute approximate surface area is 111 Å². The maximum absolute atomic E-state index is 3.23. The highest BCUT2D eigenvalue weighted by atomic mass is 15.1. The number of nitrogens with zero attached hydrogens (tertiary/aromatic N) is 1. The Balaban J connectivity index is 1.65. The van der Waals surface area contributed by atoms with Crippen molar-refractivity contribution in [2.75, 3.05) is 33.2 Å². The molecule has 2 heteroatoms. The summed E-state index contributed by atoms with van der Waals surface area (Å²) in [6.45, 7) is 4.92. The number of nitrogens with one attached hydrogen (secondary N) is 1. The van der Waals surface area contributed by atoms with Crippen LogP contribution in [0, 0.1) is 5.92 Å². The van der Waals surface area contributed by atoms with Gasteiger partial charge in [-0.1, -0.05) is 30.3 Å². The fraction of sp³-hybridized carbons (Fsp3) is 0.625. The van der Waals surface area contributed by atoms with Crippen molar-refractivity contribution >= 4 is 0 Å². The minimum Gasteiger partial charge on any atom is -0.318 e. The van der Waals surface area contributed by atoms with Crippen molar-refractivity contribution in [3.05, 3.63) is 35.9 Å². The first-order valence-corrected chi connectivity index (χ1v) is 7.29. The SMILES string of the molecule is CNCCN1CCC(CCc2ccccc2)CC1. The minimum absolute atomic E-state index is 0.941. The summed E-state index contributed by atoms with van der Waals surface area (Å²) in [6.07, 6.45) is 5.39. The number of aryl methyl sites for hydroxylation is 1. The summed E-state index contributed by atoms with van der Waals surface area (Å²) in [7, 11) is 2.03. The lowest BCUT2D eigenvalue weighted by Gasteiger charge is -2.31. The molecule has 100 valence electrons. The van der Waals surface area contributed by atoms with Crippen molar-refractivity contribution in [2.45, 2.75) is 25.7 Å². The molecule has 1 aliphatic heterocycles. The fourth-order valence-corrected chi connectivity index (χ4v) is 2.78. The Hall–Kier alpha value is -0.860. The summed E-state index contributed by atoms with van der Waals surface area (Å²) >= 11 is 0. The van der Waals surface area contributed by atoms with E-state index in [9.17, 15) is 0 Å². The highest BCUT2D eigenvalue weighted by Crippen LogP contribution is 2.22. The Bertz CT molecular complexity index is 315. The van der Waals surface area contributed by atoms with Gasteiger partial charge in [-0.3, -0.25) is 0 Å². The molecule has 0 unspecified atom stereocenters. The lowest BCUT2D eigenvalue weighted by molar-refractivity contribution is 0.181. The molecule has 1 saturated heterocycles. The fourth-order valence-electron chi connectivity index (χ4n) is 2.78. The number of hydrogen-bond acceptors (Lipinski definition) is 2. The van der Waals surface area contributed by atoms with Gasteiger partial charge >= 0.3 is 0 Å². The van der Waals surface area contributed by atoms with Crippen molar-refractivity contribution in [1.29, 1.82) is 0 Å². The maximum Gasteiger partial charge on any atom is 0.0107 e. The largest absolute Gasteiger partial charge is 0.318 e. The molecule has 1 fully saturated rings. The Morgan fingerprint density at radius 3 is 2.56 bits per heavy atom. The maximum atomic E-state index is 3.23. The van der Waals surface area contributed by atoms with Crippen molar-refractivity contribution in [2.24, 2.45) is 5.92 Å². The summed E-state index contributed by atoms with van der Waals surface area (Å²) in [5.74, 6) is 0.941. The van der Waals surface area contributed by atoms with Gasteiger partial charge in [0.1, 0.15) is 0 Å². The molecule has 1 aliphatic rings. The van der Waals surface area contributed by atoms with Crippen LogP contribution in [0.1, 0.15) is 24.8 Å². The third-order valence-electron chi connectivity index (χ3n) is 4.07. The second-order valence-electron chi connectivity index (χ2n) is 5.41. The van der Waals surface area contributed by atoms with E-state index in [0.717, 1.165) is 12.5 Å². The second-order valence-corrected chi connectivity index (χ2v) is 5.41. The van der Waals surface area contributed by atoms with Gasteiger partial charge in [0.15, 0.2) is 0 Å². The van der Waals surface area contributed by atoms with E-state index < -0.39 is 0 Å².